The smallest absolute Gasteiger partial charge is 0.259 e. The number of piperidine rings is 1. The van der Waals surface area contributed by atoms with Crippen LogP contribution in [0.3, 0.4) is 0 Å². The van der Waals surface area contributed by atoms with Gasteiger partial charge in [-0.2, -0.15) is 0 Å². The number of aryl methyl sites for hydroxylation is 1. The molecule has 0 aromatic heterocycles. The molecule has 3 heterocycles. The first-order valence-corrected chi connectivity index (χ1v) is 14.3. The molecule has 3 amide bonds. The van der Waals surface area contributed by atoms with Crippen molar-refractivity contribution in [3.63, 3.8) is 0 Å². The molecular weight excluding hydrogens is 480 g/mol. The molecule has 0 radical (unpaired) electrons. The van der Waals surface area contributed by atoms with E-state index in [9.17, 15) is 19.5 Å². The Kier molecular flexibility index (Phi) is 6.29. The van der Waals surface area contributed by atoms with Gasteiger partial charge in [-0.25, -0.2) is 0 Å². The summed E-state index contributed by atoms with van der Waals surface area (Å²) in [5, 5.41) is 13.7. The number of likely N-dealkylation sites (tertiary alicyclic amines) is 2. The molecule has 0 spiro atoms. The van der Waals surface area contributed by atoms with Crippen LogP contribution in [-0.2, 0) is 19.8 Å². The van der Waals surface area contributed by atoms with Crippen molar-refractivity contribution in [3.8, 4) is 5.75 Å². The molecule has 2 saturated heterocycles. The van der Waals surface area contributed by atoms with Gasteiger partial charge < -0.3 is 26.0 Å². The predicted molar refractivity (Wildman–Crippen MR) is 143 cm³/mol. The number of hydrogen-bond acceptors (Lipinski definition) is 5. The van der Waals surface area contributed by atoms with Crippen LogP contribution in [0.5, 0.6) is 5.75 Å². The van der Waals surface area contributed by atoms with Crippen LogP contribution >= 0.6 is 0 Å². The number of carbonyl (C=O) groups excluding carboxylic acids is 3. The highest BCUT2D eigenvalue weighted by Gasteiger charge is 2.55. The highest BCUT2D eigenvalue weighted by molar-refractivity contribution is 6.19. The largest absolute Gasteiger partial charge is 0.508 e. The first-order valence-electron chi connectivity index (χ1n) is 14.3. The lowest BCUT2D eigenvalue weighted by Crippen LogP contribution is -2.63. The van der Waals surface area contributed by atoms with Gasteiger partial charge in [-0.1, -0.05) is 12.1 Å². The lowest BCUT2D eigenvalue weighted by molar-refractivity contribution is -0.136. The fraction of sp³-hybridized carbons (Fsp3) is 0.633. The van der Waals surface area contributed by atoms with Crippen LogP contribution < -0.4 is 11.1 Å². The molecule has 6 rings (SSSR count). The van der Waals surface area contributed by atoms with E-state index < -0.39 is 11.9 Å². The molecule has 1 aromatic rings. The number of benzene rings is 1. The molecule has 5 aliphatic rings. The van der Waals surface area contributed by atoms with Gasteiger partial charge in [0.2, 0.25) is 5.91 Å². The van der Waals surface area contributed by atoms with E-state index in [-0.39, 0.29) is 40.5 Å². The number of nitrogens with zero attached hydrogens (tertiary/aromatic N) is 2. The van der Waals surface area contributed by atoms with E-state index in [4.69, 9.17) is 5.73 Å². The van der Waals surface area contributed by atoms with Crippen LogP contribution in [0.2, 0.25) is 0 Å². The van der Waals surface area contributed by atoms with Gasteiger partial charge in [0, 0.05) is 30.6 Å². The fourth-order valence-electron chi connectivity index (χ4n) is 8.11. The zero-order valence-corrected chi connectivity index (χ0v) is 22.5. The second-order valence-corrected chi connectivity index (χ2v) is 12.5. The van der Waals surface area contributed by atoms with E-state index in [1.807, 2.05) is 18.2 Å². The Hall–Kier alpha value is -2.87. The van der Waals surface area contributed by atoms with Gasteiger partial charge in [-0.05, 0) is 106 Å². The van der Waals surface area contributed by atoms with Crippen LogP contribution in [0.1, 0.15) is 63.0 Å². The van der Waals surface area contributed by atoms with Crippen LogP contribution in [0.4, 0.5) is 0 Å². The van der Waals surface area contributed by atoms with E-state index in [0.717, 1.165) is 38.3 Å². The Morgan fingerprint density at radius 2 is 2.00 bits per heavy atom. The molecule has 0 bridgehead atoms. The van der Waals surface area contributed by atoms with Gasteiger partial charge in [-0.15, -0.1) is 0 Å². The van der Waals surface area contributed by atoms with Crippen molar-refractivity contribution in [2.75, 3.05) is 19.6 Å². The number of carbonyl (C=O) groups is 3. The average molecular weight is 521 g/mol. The molecule has 1 aromatic carbocycles. The first kappa shape index (κ1) is 25.4. The normalized spacial score (nSPS) is 35.2. The van der Waals surface area contributed by atoms with Gasteiger partial charge in [0.15, 0.2) is 0 Å². The Bertz CT molecular complexity index is 1190. The highest BCUT2D eigenvalue weighted by Crippen LogP contribution is 2.55. The summed E-state index contributed by atoms with van der Waals surface area (Å²) in [6.45, 7) is 7.06. The third kappa shape index (κ3) is 4.21. The van der Waals surface area contributed by atoms with E-state index in [1.165, 1.54) is 28.9 Å². The summed E-state index contributed by atoms with van der Waals surface area (Å²) < 4.78 is 0. The summed E-state index contributed by atoms with van der Waals surface area (Å²) in [5.41, 5.74) is 7.92. The molecule has 6 atom stereocenters. The molecule has 8 nitrogen and oxygen atoms in total. The number of aromatic hydroxyl groups is 1. The number of primary amides is 1. The maximum atomic E-state index is 13.4. The van der Waals surface area contributed by atoms with E-state index in [2.05, 4.69) is 24.1 Å². The summed E-state index contributed by atoms with van der Waals surface area (Å²) in [6.07, 6.45) is 8.42. The summed E-state index contributed by atoms with van der Waals surface area (Å²) in [6, 6.07) is 5.34. The lowest BCUT2D eigenvalue weighted by Gasteiger charge is -2.58. The van der Waals surface area contributed by atoms with Gasteiger partial charge in [0.25, 0.3) is 11.8 Å². The number of nitrogens with one attached hydrogen (secondary N) is 1. The van der Waals surface area contributed by atoms with Crippen LogP contribution in [0.15, 0.2) is 29.8 Å². The minimum Gasteiger partial charge on any atom is -0.508 e. The zero-order chi connectivity index (χ0) is 26.8. The molecule has 2 unspecified atom stereocenters. The number of amides is 3. The first-order chi connectivity index (χ1) is 18.2. The van der Waals surface area contributed by atoms with Crippen molar-refractivity contribution in [2.45, 2.75) is 82.3 Å². The molecule has 3 aliphatic heterocycles. The van der Waals surface area contributed by atoms with Crippen LogP contribution in [0, 0.1) is 24.7 Å². The van der Waals surface area contributed by atoms with Gasteiger partial charge in [0.05, 0.1) is 0 Å². The molecule has 204 valence electrons. The SMILES string of the molecule is Cc1ccc(O)cc1[C@]12CCN(CC3CC3)[C@H](C)[C@@H]1CC1C=C(C(=O)N3CCC[C@H]3C(N)=O)C(=O)NC1C2. The maximum Gasteiger partial charge on any atom is 0.259 e. The predicted octanol–water partition coefficient (Wildman–Crippen LogP) is 2.37. The summed E-state index contributed by atoms with van der Waals surface area (Å²) in [4.78, 5) is 42.8. The standard InChI is InChI=1S/C30H40N4O4/c1-17-5-8-21(35)14-23(17)30-9-11-33(16-19-6-7-19)18(2)24(30)13-20-12-22(28(37)32-25(20)15-30)29(38)34-10-3-4-26(34)27(31)36/h5,8,12,14,18-20,24-26,35H,3-4,6-7,9-11,13,15-16H2,1-2H3,(H2,31,36)(H,32,37)/t18-,20?,24+,25?,26+,30-/m1/s1. The zero-order valence-electron chi connectivity index (χ0n) is 22.5. The van der Waals surface area contributed by atoms with Crippen molar-refractivity contribution < 1.29 is 19.5 Å². The fourth-order valence-corrected chi connectivity index (χ4v) is 8.11. The maximum absolute atomic E-state index is 13.4. The minimum atomic E-state index is -0.643. The van der Waals surface area contributed by atoms with Crippen molar-refractivity contribution in [1.29, 1.82) is 0 Å². The van der Waals surface area contributed by atoms with Gasteiger partial charge >= 0.3 is 0 Å². The lowest BCUT2D eigenvalue weighted by atomic mass is 9.52. The van der Waals surface area contributed by atoms with Gasteiger partial charge in [0.1, 0.15) is 17.4 Å². The molecule has 8 heteroatoms. The summed E-state index contributed by atoms with van der Waals surface area (Å²) in [5.74, 6) is 0.206. The summed E-state index contributed by atoms with van der Waals surface area (Å²) >= 11 is 0. The van der Waals surface area contributed by atoms with Crippen LogP contribution in [-0.4, -0.2) is 70.4 Å². The van der Waals surface area contributed by atoms with E-state index in [1.54, 1.807) is 6.07 Å². The Morgan fingerprint density at radius 1 is 1.21 bits per heavy atom. The molecule has 38 heavy (non-hydrogen) atoms. The summed E-state index contributed by atoms with van der Waals surface area (Å²) in [7, 11) is 0. The number of nitrogens with two attached hydrogens (primary N) is 1. The monoisotopic (exact) mass is 520 g/mol. The number of fused-ring (bicyclic) bond motifs is 2. The Balaban J connectivity index is 1.34. The average Bonchev–Trinajstić information content (AvgIpc) is 3.56. The van der Waals surface area contributed by atoms with Crippen LogP contribution in [0.25, 0.3) is 0 Å². The molecular formula is C30H40N4O4. The Labute approximate surface area is 224 Å². The topological polar surface area (TPSA) is 116 Å². The third-order valence-corrected chi connectivity index (χ3v) is 10.3. The minimum absolute atomic E-state index is 0.0420. The molecule has 2 saturated carbocycles. The molecule has 2 aliphatic carbocycles. The second kappa shape index (κ2) is 9.40. The highest BCUT2D eigenvalue weighted by atomic mass is 16.3. The van der Waals surface area contributed by atoms with Crippen molar-refractivity contribution in [1.82, 2.24) is 15.1 Å². The molecule has 4 fully saturated rings. The molecule has 4 N–H and O–H groups in total. The van der Waals surface area contributed by atoms with E-state index >= 15 is 0 Å². The number of rotatable bonds is 5. The van der Waals surface area contributed by atoms with E-state index in [0.29, 0.717) is 31.3 Å². The van der Waals surface area contributed by atoms with Crippen molar-refractivity contribution >= 4 is 17.7 Å². The van der Waals surface area contributed by atoms with Gasteiger partial charge in [-0.3, -0.25) is 14.4 Å². The quantitative estimate of drug-likeness (QED) is 0.516. The second-order valence-electron chi connectivity index (χ2n) is 12.5. The Morgan fingerprint density at radius 3 is 2.74 bits per heavy atom. The van der Waals surface area contributed by atoms with Crippen molar-refractivity contribution in [2.24, 2.45) is 23.5 Å². The third-order valence-electron chi connectivity index (χ3n) is 10.3. The number of hydrogen-bond donors (Lipinski definition) is 3. The van der Waals surface area contributed by atoms with Crippen molar-refractivity contribution in [3.05, 3.63) is 41.0 Å². The number of phenolic OH excluding ortho intramolecular Hbond substituents is 1. The number of phenols is 1.